The first-order valence-electron chi connectivity index (χ1n) is 8.27. The lowest BCUT2D eigenvalue weighted by Gasteiger charge is -2.18. The molecule has 2 heterocycles. The number of aliphatic hydroxyl groups is 1. The highest BCUT2D eigenvalue weighted by Crippen LogP contribution is 2.36. The van der Waals surface area contributed by atoms with Crippen molar-refractivity contribution in [1.82, 2.24) is 15.0 Å². The number of anilines is 2. The maximum atomic E-state index is 9.35. The van der Waals surface area contributed by atoms with Gasteiger partial charge in [0.1, 0.15) is 11.0 Å². The zero-order chi connectivity index (χ0) is 17.8. The molecule has 1 fully saturated rings. The molecule has 0 amide bonds. The molecular formula is C17H22ClN5O2. The van der Waals surface area contributed by atoms with Gasteiger partial charge in [-0.25, -0.2) is 9.97 Å². The third-order valence-electron chi connectivity index (χ3n) is 4.46. The van der Waals surface area contributed by atoms with Crippen LogP contribution in [-0.4, -0.2) is 46.9 Å². The molecule has 0 aromatic carbocycles. The van der Waals surface area contributed by atoms with E-state index < -0.39 is 0 Å². The molecule has 0 saturated heterocycles. The van der Waals surface area contributed by atoms with E-state index in [2.05, 4.69) is 25.6 Å². The van der Waals surface area contributed by atoms with Crippen LogP contribution in [0.2, 0.25) is 5.15 Å². The predicted molar refractivity (Wildman–Crippen MR) is 98.2 cm³/mol. The number of aliphatic hydroxyl groups excluding tert-OH is 1. The Hall–Kier alpha value is -2.12. The molecule has 2 aromatic heterocycles. The van der Waals surface area contributed by atoms with E-state index in [9.17, 15) is 5.11 Å². The number of nitrogens with one attached hydrogen (secondary N) is 2. The lowest BCUT2D eigenvalue weighted by atomic mass is 10.1. The second-order valence-corrected chi connectivity index (χ2v) is 6.46. The van der Waals surface area contributed by atoms with Gasteiger partial charge in [-0.1, -0.05) is 11.6 Å². The average molecular weight is 364 g/mol. The molecular weight excluding hydrogens is 342 g/mol. The summed E-state index contributed by atoms with van der Waals surface area (Å²) in [6.07, 6.45) is 4.60. The molecule has 2 aromatic rings. The van der Waals surface area contributed by atoms with Crippen molar-refractivity contribution in [2.45, 2.75) is 25.3 Å². The molecule has 2 atom stereocenters. The fourth-order valence-electron chi connectivity index (χ4n) is 3.12. The molecule has 8 heteroatoms. The van der Waals surface area contributed by atoms with Gasteiger partial charge in [0, 0.05) is 37.5 Å². The minimum Gasteiger partial charge on any atom is -0.481 e. The fourth-order valence-corrected chi connectivity index (χ4v) is 3.40. The summed E-state index contributed by atoms with van der Waals surface area (Å²) in [7, 11) is 3.33. The largest absolute Gasteiger partial charge is 0.481 e. The second-order valence-electron chi connectivity index (χ2n) is 6.10. The Labute approximate surface area is 151 Å². The van der Waals surface area contributed by atoms with E-state index in [0.717, 1.165) is 24.8 Å². The van der Waals surface area contributed by atoms with E-state index >= 15 is 0 Å². The van der Waals surface area contributed by atoms with Gasteiger partial charge in [0.2, 0.25) is 11.8 Å². The molecule has 0 bridgehead atoms. The van der Waals surface area contributed by atoms with Gasteiger partial charge in [0.05, 0.1) is 12.7 Å². The van der Waals surface area contributed by atoms with Crippen molar-refractivity contribution in [3.8, 4) is 17.0 Å². The Kier molecular flexibility index (Phi) is 5.55. The molecule has 1 aliphatic rings. The maximum Gasteiger partial charge on any atom is 0.225 e. The van der Waals surface area contributed by atoms with Gasteiger partial charge in [0.25, 0.3) is 0 Å². The van der Waals surface area contributed by atoms with Crippen molar-refractivity contribution in [2.75, 3.05) is 31.4 Å². The van der Waals surface area contributed by atoms with Crippen LogP contribution >= 0.6 is 11.6 Å². The second kappa shape index (κ2) is 7.84. The number of ether oxygens (including phenoxy) is 1. The summed E-state index contributed by atoms with van der Waals surface area (Å²) in [5.41, 5.74) is 1.52. The van der Waals surface area contributed by atoms with Crippen molar-refractivity contribution >= 4 is 23.4 Å². The Morgan fingerprint density at radius 2 is 2.16 bits per heavy atom. The SMILES string of the molecule is CNc1nc(Cl)c(-c2ccc(OC)nc2)c(N[C@H]2CC[C@@H](CO)C2)n1. The topological polar surface area (TPSA) is 92.2 Å². The molecule has 1 saturated carbocycles. The number of halogens is 1. The molecule has 0 radical (unpaired) electrons. The first kappa shape index (κ1) is 17.7. The molecule has 0 aliphatic heterocycles. The summed E-state index contributed by atoms with van der Waals surface area (Å²) in [6, 6.07) is 3.91. The van der Waals surface area contributed by atoms with Gasteiger partial charge in [-0.2, -0.15) is 4.98 Å². The Balaban J connectivity index is 1.95. The van der Waals surface area contributed by atoms with Crippen molar-refractivity contribution in [1.29, 1.82) is 0 Å². The molecule has 25 heavy (non-hydrogen) atoms. The van der Waals surface area contributed by atoms with E-state index in [1.807, 2.05) is 6.07 Å². The number of pyridine rings is 1. The minimum atomic E-state index is 0.222. The Morgan fingerprint density at radius 3 is 2.76 bits per heavy atom. The highest BCUT2D eigenvalue weighted by Gasteiger charge is 2.26. The zero-order valence-electron chi connectivity index (χ0n) is 14.3. The summed E-state index contributed by atoms with van der Waals surface area (Å²) >= 11 is 6.43. The number of hydrogen-bond acceptors (Lipinski definition) is 7. The van der Waals surface area contributed by atoms with Crippen LogP contribution in [0, 0.1) is 5.92 Å². The average Bonchev–Trinajstić information content (AvgIpc) is 3.09. The Morgan fingerprint density at radius 1 is 1.32 bits per heavy atom. The summed E-state index contributed by atoms with van der Waals surface area (Å²) in [4.78, 5) is 13.1. The first-order chi connectivity index (χ1) is 12.1. The molecule has 3 rings (SSSR count). The summed E-state index contributed by atoms with van der Waals surface area (Å²) in [5, 5.41) is 16.1. The highest BCUT2D eigenvalue weighted by atomic mass is 35.5. The van der Waals surface area contributed by atoms with Crippen LogP contribution in [0.25, 0.3) is 11.1 Å². The predicted octanol–water partition coefficient (Wildman–Crippen LogP) is 2.82. The first-order valence-corrected chi connectivity index (χ1v) is 8.65. The smallest absolute Gasteiger partial charge is 0.225 e. The van der Waals surface area contributed by atoms with Crippen LogP contribution in [0.1, 0.15) is 19.3 Å². The summed E-state index contributed by atoms with van der Waals surface area (Å²) < 4.78 is 5.11. The van der Waals surface area contributed by atoms with Crippen molar-refractivity contribution in [2.24, 2.45) is 5.92 Å². The van der Waals surface area contributed by atoms with Crippen LogP contribution in [0.15, 0.2) is 18.3 Å². The number of nitrogens with zero attached hydrogens (tertiary/aromatic N) is 3. The van der Waals surface area contributed by atoms with Crippen molar-refractivity contribution in [3.05, 3.63) is 23.5 Å². The van der Waals surface area contributed by atoms with Gasteiger partial charge in [-0.05, 0) is 31.2 Å². The van der Waals surface area contributed by atoms with Gasteiger partial charge < -0.3 is 20.5 Å². The quantitative estimate of drug-likeness (QED) is 0.679. The lowest BCUT2D eigenvalue weighted by molar-refractivity contribution is 0.229. The lowest BCUT2D eigenvalue weighted by Crippen LogP contribution is -2.18. The van der Waals surface area contributed by atoms with Crippen LogP contribution in [-0.2, 0) is 0 Å². The van der Waals surface area contributed by atoms with E-state index in [0.29, 0.717) is 34.3 Å². The third kappa shape index (κ3) is 3.93. The molecule has 0 unspecified atom stereocenters. The van der Waals surface area contributed by atoms with E-state index in [1.54, 1.807) is 26.4 Å². The van der Waals surface area contributed by atoms with E-state index in [1.165, 1.54) is 0 Å². The summed E-state index contributed by atoms with van der Waals surface area (Å²) in [5.74, 6) is 1.99. The molecule has 7 nitrogen and oxygen atoms in total. The van der Waals surface area contributed by atoms with Gasteiger partial charge >= 0.3 is 0 Å². The number of rotatable bonds is 6. The molecule has 134 valence electrons. The fraction of sp³-hybridized carbons (Fsp3) is 0.471. The number of hydrogen-bond donors (Lipinski definition) is 3. The maximum absolute atomic E-state index is 9.35. The molecule has 0 spiro atoms. The van der Waals surface area contributed by atoms with Crippen LogP contribution in [0.4, 0.5) is 11.8 Å². The van der Waals surface area contributed by atoms with Gasteiger partial charge in [-0.3, -0.25) is 0 Å². The standard InChI is InChI=1S/C17H22ClN5O2/c1-19-17-22-15(18)14(11-4-6-13(25-2)20-8-11)16(23-17)21-12-5-3-10(7-12)9-24/h4,6,8,10,12,24H,3,5,7,9H2,1-2H3,(H2,19,21,22,23)/t10-,12+/m1/s1. The number of aromatic nitrogens is 3. The molecule has 1 aliphatic carbocycles. The third-order valence-corrected chi connectivity index (χ3v) is 4.74. The van der Waals surface area contributed by atoms with E-state index in [4.69, 9.17) is 16.3 Å². The van der Waals surface area contributed by atoms with Gasteiger partial charge in [-0.15, -0.1) is 0 Å². The van der Waals surface area contributed by atoms with Crippen molar-refractivity contribution < 1.29 is 9.84 Å². The minimum absolute atomic E-state index is 0.222. The van der Waals surface area contributed by atoms with Gasteiger partial charge in [0.15, 0.2) is 0 Å². The van der Waals surface area contributed by atoms with Crippen LogP contribution in [0.5, 0.6) is 5.88 Å². The van der Waals surface area contributed by atoms with Crippen LogP contribution < -0.4 is 15.4 Å². The summed E-state index contributed by atoms with van der Waals surface area (Å²) in [6.45, 7) is 0.222. The van der Waals surface area contributed by atoms with Crippen molar-refractivity contribution in [3.63, 3.8) is 0 Å². The monoisotopic (exact) mass is 363 g/mol. The highest BCUT2D eigenvalue weighted by molar-refractivity contribution is 6.32. The zero-order valence-corrected chi connectivity index (χ0v) is 15.0. The normalized spacial score (nSPS) is 19.7. The molecule has 3 N–H and O–H groups in total. The Bertz CT molecular complexity index is 726. The number of methoxy groups -OCH3 is 1. The van der Waals surface area contributed by atoms with E-state index in [-0.39, 0.29) is 12.6 Å². The van der Waals surface area contributed by atoms with Crippen LogP contribution in [0.3, 0.4) is 0 Å².